The molecule has 0 aliphatic rings. The number of nitrogens with two attached hydrogens (primary N) is 1. The topological polar surface area (TPSA) is 170 Å². The van der Waals surface area contributed by atoms with Crippen molar-refractivity contribution in [1.82, 2.24) is 19.5 Å². The number of nitrogens with zero attached hydrogens (tertiary/aromatic N) is 3. The lowest BCUT2D eigenvalue weighted by Gasteiger charge is -2.19. The fraction of sp³-hybridized carbons (Fsp3) is 0.333. The van der Waals surface area contributed by atoms with Crippen LogP contribution in [0.5, 0.6) is 11.5 Å². The van der Waals surface area contributed by atoms with Crippen LogP contribution in [-0.2, 0) is 31.5 Å². The van der Waals surface area contributed by atoms with E-state index in [-0.39, 0.29) is 49.7 Å². The quantitative estimate of drug-likeness (QED) is 0.116. The Morgan fingerprint density at radius 1 is 1.10 bits per heavy atom. The Labute approximate surface area is 240 Å². The molecule has 0 aliphatic carbocycles. The molecule has 0 radical (unpaired) electrons. The number of nitrogens with one attached hydrogen (secondary N) is 1. The lowest BCUT2D eigenvalue weighted by molar-refractivity contribution is 0.0885. The maximum Gasteiger partial charge on any atom is 0.333 e. The Morgan fingerprint density at radius 2 is 1.88 bits per heavy atom. The average Bonchev–Trinajstić information content (AvgIpc) is 3.38. The van der Waals surface area contributed by atoms with Gasteiger partial charge in [-0.05, 0) is 36.2 Å². The van der Waals surface area contributed by atoms with Gasteiger partial charge in [-0.3, -0.25) is 19.1 Å². The minimum Gasteiger partial charge on any atom is -0.496 e. The number of fused-ring (bicyclic) bond motifs is 1. The molecule has 0 saturated carbocycles. The molecule has 4 aromatic rings. The van der Waals surface area contributed by atoms with Crippen molar-refractivity contribution in [3.63, 3.8) is 0 Å². The van der Waals surface area contributed by atoms with E-state index in [1.54, 1.807) is 28.8 Å². The Bertz CT molecular complexity index is 1670. The zero-order chi connectivity index (χ0) is 30.3. The van der Waals surface area contributed by atoms with Gasteiger partial charge in [0.25, 0.3) is 5.56 Å². The number of halogens is 1. The number of imidazole rings is 1. The normalized spacial score (nSPS) is 12.8. The van der Waals surface area contributed by atoms with E-state index < -0.39 is 31.4 Å². The number of benzene rings is 2. The SMILES string of the molecule is COc1cc(C(=O)COP(=O)(CCOCCn2cnc3c(=O)[nH]c(N)nc32)OCc2ccc(OC)c(F)c2)ccc1C. The van der Waals surface area contributed by atoms with E-state index in [9.17, 15) is 18.5 Å². The third-order valence-corrected chi connectivity index (χ3v) is 8.02. The van der Waals surface area contributed by atoms with E-state index in [2.05, 4.69) is 15.0 Å². The average molecular weight is 604 g/mol. The van der Waals surface area contributed by atoms with Crippen molar-refractivity contribution in [2.45, 2.75) is 20.1 Å². The van der Waals surface area contributed by atoms with Crippen molar-refractivity contribution in [3.8, 4) is 11.5 Å². The highest BCUT2D eigenvalue weighted by Crippen LogP contribution is 2.49. The molecule has 224 valence electrons. The summed E-state index contributed by atoms with van der Waals surface area (Å²) in [6, 6.07) is 9.12. The summed E-state index contributed by atoms with van der Waals surface area (Å²) in [7, 11) is -1.05. The second-order valence-electron chi connectivity index (χ2n) is 9.13. The van der Waals surface area contributed by atoms with Gasteiger partial charge in [0, 0.05) is 12.1 Å². The number of rotatable bonds is 15. The molecule has 0 bridgehead atoms. The van der Waals surface area contributed by atoms with Crippen LogP contribution in [0.25, 0.3) is 11.2 Å². The van der Waals surface area contributed by atoms with Gasteiger partial charge in [-0.15, -0.1) is 0 Å². The summed E-state index contributed by atoms with van der Waals surface area (Å²) in [4.78, 5) is 35.3. The van der Waals surface area contributed by atoms with Crippen LogP contribution < -0.4 is 20.8 Å². The number of methoxy groups -OCH3 is 2. The van der Waals surface area contributed by atoms with Gasteiger partial charge in [0.1, 0.15) is 12.4 Å². The van der Waals surface area contributed by atoms with Crippen molar-refractivity contribution in [2.24, 2.45) is 0 Å². The van der Waals surface area contributed by atoms with Gasteiger partial charge >= 0.3 is 7.60 Å². The lowest BCUT2D eigenvalue weighted by Crippen LogP contribution is -2.15. The number of ether oxygens (including phenoxy) is 3. The minimum absolute atomic E-state index is 0.0409. The summed E-state index contributed by atoms with van der Waals surface area (Å²) in [5.41, 5.74) is 7.17. The largest absolute Gasteiger partial charge is 0.496 e. The van der Waals surface area contributed by atoms with Crippen LogP contribution >= 0.6 is 7.60 Å². The molecule has 15 heteroatoms. The van der Waals surface area contributed by atoms with Gasteiger partial charge in [0.2, 0.25) is 5.95 Å². The van der Waals surface area contributed by atoms with Crippen LogP contribution in [0, 0.1) is 12.7 Å². The van der Waals surface area contributed by atoms with Gasteiger partial charge in [0.05, 0.1) is 46.5 Å². The number of H-pyrrole nitrogens is 1. The fourth-order valence-electron chi connectivity index (χ4n) is 3.95. The zero-order valence-corrected chi connectivity index (χ0v) is 24.2. The summed E-state index contributed by atoms with van der Waals surface area (Å²) in [5, 5.41) is 0. The molecule has 4 rings (SSSR count). The molecule has 2 aromatic heterocycles. The number of ketones is 1. The van der Waals surface area contributed by atoms with E-state index >= 15 is 0 Å². The Balaban J connectivity index is 1.39. The molecule has 2 aromatic carbocycles. The molecule has 13 nitrogen and oxygen atoms in total. The molecule has 3 N–H and O–H groups in total. The molecule has 1 atom stereocenters. The van der Waals surface area contributed by atoms with Crippen molar-refractivity contribution in [1.29, 1.82) is 0 Å². The number of carbonyl (C=O) groups excluding carboxylic acids is 1. The molecule has 1 unspecified atom stereocenters. The number of hydrogen-bond donors (Lipinski definition) is 2. The monoisotopic (exact) mass is 603 g/mol. The molecule has 0 aliphatic heterocycles. The van der Waals surface area contributed by atoms with Crippen molar-refractivity contribution in [2.75, 3.05) is 45.9 Å². The third kappa shape index (κ3) is 7.59. The van der Waals surface area contributed by atoms with Gasteiger partial charge < -0.3 is 33.6 Å². The predicted octanol–water partition coefficient (Wildman–Crippen LogP) is 3.49. The highest BCUT2D eigenvalue weighted by molar-refractivity contribution is 7.53. The van der Waals surface area contributed by atoms with E-state index in [1.807, 2.05) is 6.92 Å². The van der Waals surface area contributed by atoms with Gasteiger partial charge in [-0.25, -0.2) is 9.37 Å². The summed E-state index contributed by atoms with van der Waals surface area (Å²) in [5.74, 6) is -0.489. The van der Waals surface area contributed by atoms with Crippen LogP contribution in [-0.4, -0.2) is 65.5 Å². The summed E-state index contributed by atoms with van der Waals surface area (Å²) in [6.45, 7) is 1.44. The lowest BCUT2D eigenvalue weighted by atomic mass is 10.1. The fourth-order valence-corrected chi connectivity index (χ4v) is 5.29. The highest BCUT2D eigenvalue weighted by Gasteiger charge is 2.27. The number of Topliss-reactive ketones (excluding diaryl/α,β-unsaturated/α-hetero) is 1. The molecule has 0 amide bonds. The minimum atomic E-state index is -3.90. The number of hydrogen-bond acceptors (Lipinski definition) is 11. The number of aryl methyl sites for hydroxylation is 1. The molecule has 0 spiro atoms. The number of anilines is 1. The second-order valence-corrected chi connectivity index (χ2v) is 11.3. The molecule has 0 saturated heterocycles. The number of carbonyl (C=O) groups is 1. The molecule has 2 heterocycles. The second kappa shape index (κ2) is 13.7. The Kier molecular flexibility index (Phi) is 10.1. The standard InChI is InChI=1S/C27H31FN5O8P/c1-17-4-6-19(13-23(17)38-3)21(34)15-41-42(36,40-14-18-5-7-22(37-2)20(28)12-18)11-10-39-9-8-33-16-30-24-25(33)31-27(29)32-26(24)35/h4-7,12-13,16H,8-11,14-15H2,1-3H3,(H3,29,31,32,35). The summed E-state index contributed by atoms with van der Waals surface area (Å²) < 4.78 is 56.4. The predicted molar refractivity (Wildman–Crippen MR) is 152 cm³/mol. The first-order valence-corrected chi connectivity index (χ1v) is 14.5. The van der Waals surface area contributed by atoms with Crippen molar-refractivity contribution < 1.29 is 37.0 Å². The maximum atomic E-state index is 14.2. The van der Waals surface area contributed by atoms with Crippen LogP contribution in [0.4, 0.5) is 10.3 Å². The zero-order valence-electron chi connectivity index (χ0n) is 23.3. The first-order chi connectivity index (χ1) is 20.1. The smallest absolute Gasteiger partial charge is 0.333 e. The molecular formula is C27H31FN5O8P. The van der Waals surface area contributed by atoms with Crippen LogP contribution in [0.2, 0.25) is 0 Å². The first kappa shape index (κ1) is 30.8. The van der Waals surface area contributed by atoms with Gasteiger partial charge in [-0.2, -0.15) is 4.98 Å². The van der Waals surface area contributed by atoms with Crippen LogP contribution in [0.3, 0.4) is 0 Å². The molecule has 42 heavy (non-hydrogen) atoms. The number of aromatic amines is 1. The van der Waals surface area contributed by atoms with Crippen LogP contribution in [0.15, 0.2) is 47.5 Å². The van der Waals surface area contributed by atoms with Gasteiger partial charge in [0.15, 0.2) is 28.5 Å². The van der Waals surface area contributed by atoms with Crippen molar-refractivity contribution in [3.05, 3.63) is 75.6 Å². The molecular weight excluding hydrogens is 572 g/mol. The first-order valence-electron chi connectivity index (χ1n) is 12.8. The Morgan fingerprint density at radius 3 is 2.62 bits per heavy atom. The Hall–Kier alpha value is -4.10. The third-order valence-electron chi connectivity index (χ3n) is 6.25. The molecule has 0 fully saturated rings. The number of nitrogen functional groups attached to an aromatic ring is 1. The summed E-state index contributed by atoms with van der Waals surface area (Å²) >= 11 is 0. The van der Waals surface area contributed by atoms with Crippen LogP contribution in [0.1, 0.15) is 21.5 Å². The number of aromatic nitrogens is 4. The highest BCUT2D eigenvalue weighted by atomic mass is 31.2. The van der Waals surface area contributed by atoms with Gasteiger partial charge in [-0.1, -0.05) is 18.2 Å². The van der Waals surface area contributed by atoms with Crippen molar-refractivity contribution >= 4 is 30.5 Å². The van der Waals surface area contributed by atoms with E-state index in [1.165, 1.54) is 32.7 Å². The van der Waals surface area contributed by atoms with E-state index in [0.717, 1.165) is 5.56 Å². The van der Waals surface area contributed by atoms with E-state index in [0.29, 0.717) is 22.5 Å². The summed E-state index contributed by atoms with van der Waals surface area (Å²) in [6.07, 6.45) is 1.25. The van der Waals surface area contributed by atoms with E-state index in [4.69, 9.17) is 29.0 Å². The maximum absolute atomic E-state index is 14.2.